The molecule has 1 fully saturated rings. The number of aromatic nitrogens is 1. The molecule has 1 aromatic heterocycles. The van der Waals surface area contributed by atoms with Gasteiger partial charge in [0.05, 0.1) is 0 Å². The molecule has 0 spiro atoms. The molecule has 3 rings (SSSR count). The second kappa shape index (κ2) is 4.76. The third-order valence-corrected chi connectivity index (χ3v) is 3.14. The Kier molecular flexibility index (Phi) is 2.94. The molecule has 1 aliphatic heterocycles. The van der Waals surface area contributed by atoms with Gasteiger partial charge in [-0.25, -0.2) is 4.98 Å². The maximum absolute atomic E-state index is 12.1. The summed E-state index contributed by atoms with van der Waals surface area (Å²) in [5.74, 6) is -1.18. The van der Waals surface area contributed by atoms with Crippen LogP contribution in [0.25, 0.3) is 11.1 Å². The molecular weight excluding hydrogens is 262 g/mol. The summed E-state index contributed by atoms with van der Waals surface area (Å²) in [6, 6.07) is 4.14. The molecule has 1 aliphatic rings. The number of fused-ring (bicyclic) bond motifs is 1. The number of rotatable bonds is 2. The van der Waals surface area contributed by atoms with E-state index in [1.807, 2.05) is 0 Å². The average Bonchev–Trinajstić information content (AvgIpc) is 2.89. The number of nitrogens with one attached hydrogen (secondary N) is 2. The highest BCUT2D eigenvalue weighted by atomic mass is 16.3. The van der Waals surface area contributed by atoms with Crippen LogP contribution in [0.5, 0.6) is 0 Å². The molecule has 102 valence electrons. The van der Waals surface area contributed by atoms with Crippen molar-refractivity contribution in [3.05, 3.63) is 30.2 Å². The lowest BCUT2D eigenvalue weighted by Crippen LogP contribution is -2.52. The van der Waals surface area contributed by atoms with Crippen molar-refractivity contribution < 1.29 is 18.8 Å². The standard InChI is InChI=1S/C13H11N3O4/c17-11-4-3-9(13(19)16-11)15-12(18)7-1-2-8-10(5-7)20-6-14-8/h1-2,5-6,9H,3-4H2,(H,15,18)(H,16,17,19). The predicted molar refractivity (Wildman–Crippen MR) is 67.6 cm³/mol. The van der Waals surface area contributed by atoms with Crippen molar-refractivity contribution in [1.29, 1.82) is 0 Å². The van der Waals surface area contributed by atoms with E-state index >= 15 is 0 Å². The fourth-order valence-corrected chi connectivity index (χ4v) is 2.07. The number of oxazole rings is 1. The van der Waals surface area contributed by atoms with Crippen LogP contribution in [0.2, 0.25) is 0 Å². The van der Waals surface area contributed by atoms with Gasteiger partial charge in [0.25, 0.3) is 5.91 Å². The third-order valence-electron chi connectivity index (χ3n) is 3.14. The second-order valence-corrected chi connectivity index (χ2v) is 4.51. The molecule has 1 aromatic carbocycles. The molecule has 2 heterocycles. The minimum Gasteiger partial charge on any atom is -0.443 e. The van der Waals surface area contributed by atoms with Crippen molar-refractivity contribution in [3.8, 4) is 0 Å². The Bertz CT molecular complexity index is 706. The Hall–Kier alpha value is -2.70. The molecule has 0 saturated carbocycles. The quantitative estimate of drug-likeness (QED) is 0.769. The zero-order chi connectivity index (χ0) is 14.1. The number of hydrogen-bond acceptors (Lipinski definition) is 5. The fourth-order valence-electron chi connectivity index (χ4n) is 2.07. The van der Waals surface area contributed by atoms with E-state index in [1.54, 1.807) is 18.2 Å². The van der Waals surface area contributed by atoms with Crippen molar-refractivity contribution in [2.45, 2.75) is 18.9 Å². The van der Waals surface area contributed by atoms with E-state index in [0.29, 0.717) is 23.1 Å². The molecule has 3 amide bonds. The smallest absolute Gasteiger partial charge is 0.252 e. The summed E-state index contributed by atoms with van der Waals surface area (Å²) in [6.07, 6.45) is 1.82. The van der Waals surface area contributed by atoms with E-state index in [1.165, 1.54) is 6.39 Å². The molecule has 1 unspecified atom stereocenters. The normalized spacial score (nSPS) is 18.9. The molecule has 1 atom stereocenters. The topological polar surface area (TPSA) is 101 Å². The monoisotopic (exact) mass is 273 g/mol. The van der Waals surface area contributed by atoms with Crippen molar-refractivity contribution in [2.24, 2.45) is 0 Å². The van der Waals surface area contributed by atoms with Crippen LogP contribution in [0.3, 0.4) is 0 Å². The summed E-state index contributed by atoms with van der Waals surface area (Å²) < 4.78 is 5.12. The predicted octanol–water partition coefficient (Wildman–Crippen LogP) is 0.363. The first-order valence-electron chi connectivity index (χ1n) is 6.11. The molecule has 0 radical (unpaired) electrons. The van der Waals surface area contributed by atoms with Crippen molar-refractivity contribution in [1.82, 2.24) is 15.6 Å². The zero-order valence-corrected chi connectivity index (χ0v) is 10.4. The lowest BCUT2D eigenvalue weighted by molar-refractivity contribution is -0.134. The third kappa shape index (κ3) is 2.25. The lowest BCUT2D eigenvalue weighted by Gasteiger charge is -2.21. The summed E-state index contributed by atoms with van der Waals surface area (Å²) in [7, 11) is 0. The number of carbonyl (C=O) groups is 3. The van der Waals surface area contributed by atoms with Crippen LogP contribution < -0.4 is 10.6 Å². The first-order valence-corrected chi connectivity index (χ1v) is 6.11. The Balaban J connectivity index is 1.75. The van der Waals surface area contributed by atoms with Crippen LogP contribution in [-0.4, -0.2) is 28.7 Å². The molecule has 1 saturated heterocycles. The molecule has 0 aliphatic carbocycles. The Morgan fingerprint density at radius 2 is 2.25 bits per heavy atom. The fraction of sp³-hybridized carbons (Fsp3) is 0.231. The van der Waals surface area contributed by atoms with Gasteiger partial charge in [-0.05, 0) is 24.6 Å². The summed E-state index contributed by atoms with van der Waals surface area (Å²) in [4.78, 5) is 38.6. The molecule has 20 heavy (non-hydrogen) atoms. The van der Waals surface area contributed by atoms with Crippen molar-refractivity contribution in [3.63, 3.8) is 0 Å². The number of amides is 3. The molecule has 7 heteroatoms. The van der Waals surface area contributed by atoms with Crippen LogP contribution in [0, 0.1) is 0 Å². The number of hydrogen-bond donors (Lipinski definition) is 2. The first-order chi connectivity index (χ1) is 9.63. The van der Waals surface area contributed by atoms with Gasteiger partial charge in [-0.2, -0.15) is 0 Å². The van der Waals surface area contributed by atoms with E-state index in [9.17, 15) is 14.4 Å². The zero-order valence-electron chi connectivity index (χ0n) is 10.4. The van der Waals surface area contributed by atoms with Gasteiger partial charge in [0.2, 0.25) is 11.8 Å². The van der Waals surface area contributed by atoms with E-state index in [-0.39, 0.29) is 12.3 Å². The molecule has 2 N–H and O–H groups in total. The van der Waals surface area contributed by atoms with Crippen molar-refractivity contribution >= 4 is 28.8 Å². The minimum absolute atomic E-state index is 0.220. The number of nitrogens with zero attached hydrogens (tertiary/aromatic N) is 1. The van der Waals surface area contributed by atoms with E-state index in [0.717, 1.165) is 0 Å². The lowest BCUT2D eigenvalue weighted by atomic mass is 10.1. The number of piperidine rings is 1. The van der Waals surface area contributed by atoms with E-state index < -0.39 is 17.9 Å². The maximum Gasteiger partial charge on any atom is 0.252 e. The number of benzene rings is 1. The highest BCUT2D eigenvalue weighted by molar-refractivity contribution is 6.04. The minimum atomic E-state index is -0.689. The van der Waals surface area contributed by atoms with Crippen molar-refractivity contribution in [2.75, 3.05) is 0 Å². The highest BCUT2D eigenvalue weighted by Crippen LogP contribution is 2.14. The second-order valence-electron chi connectivity index (χ2n) is 4.51. The summed E-state index contributed by atoms with van der Waals surface area (Å²) in [6.45, 7) is 0. The van der Waals surface area contributed by atoms with Gasteiger partial charge in [-0.1, -0.05) is 0 Å². The highest BCUT2D eigenvalue weighted by Gasteiger charge is 2.28. The molecule has 2 aromatic rings. The summed E-state index contributed by atoms with van der Waals surface area (Å²) in [5.41, 5.74) is 1.53. The van der Waals surface area contributed by atoms with Gasteiger partial charge in [0, 0.05) is 12.0 Å². The average molecular weight is 273 g/mol. The Morgan fingerprint density at radius 3 is 3.05 bits per heavy atom. The molecule has 0 bridgehead atoms. The van der Waals surface area contributed by atoms with E-state index in [2.05, 4.69) is 15.6 Å². The number of carbonyl (C=O) groups excluding carboxylic acids is 3. The van der Waals surface area contributed by atoms with Gasteiger partial charge in [0.1, 0.15) is 11.6 Å². The van der Waals surface area contributed by atoms with Gasteiger partial charge in [0.15, 0.2) is 12.0 Å². The summed E-state index contributed by atoms with van der Waals surface area (Å²) >= 11 is 0. The molecule has 7 nitrogen and oxygen atoms in total. The molecular formula is C13H11N3O4. The van der Waals surface area contributed by atoms with Gasteiger partial charge >= 0.3 is 0 Å². The Morgan fingerprint density at radius 1 is 1.40 bits per heavy atom. The largest absolute Gasteiger partial charge is 0.443 e. The van der Waals surface area contributed by atoms with Crippen LogP contribution in [0.15, 0.2) is 29.0 Å². The summed E-state index contributed by atoms with van der Waals surface area (Å²) in [5, 5.41) is 4.79. The van der Waals surface area contributed by atoms with Gasteiger partial charge in [-0.3, -0.25) is 19.7 Å². The van der Waals surface area contributed by atoms with Crippen LogP contribution >= 0.6 is 0 Å². The Labute approximate surface area is 113 Å². The van der Waals surface area contributed by atoms with Gasteiger partial charge in [-0.15, -0.1) is 0 Å². The van der Waals surface area contributed by atoms with Gasteiger partial charge < -0.3 is 9.73 Å². The van der Waals surface area contributed by atoms with Crippen LogP contribution in [-0.2, 0) is 9.59 Å². The number of imide groups is 1. The maximum atomic E-state index is 12.1. The van der Waals surface area contributed by atoms with Crippen LogP contribution in [0.4, 0.5) is 0 Å². The van der Waals surface area contributed by atoms with E-state index in [4.69, 9.17) is 4.42 Å². The van der Waals surface area contributed by atoms with Crippen LogP contribution in [0.1, 0.15) is 23.2 Å². The first kappa shape index (κ1) is 12.3. The SMILES string of the molecule is O=C1CCC(NC(=O)c2ccc3ncoc3c2)C(=O)N1.